The third-order valence-electron chi connectivity index (χ3n) is 1.97. The zero-order valence-electron chi connectivity index (χ0n) is 7.40. The Bertz CT molecular complexity index is 306. The lowest BCUT2D eigenvalue weighted by Crippen LogP contribution is -2.21. The molecule has 5 nitrogen and oxygen atoms in total. The molecule has 0 saturated heterocycles. The van der Waals surface area contributed by atoms with Crippen LogP contribution in [0.1, 0.15) is 12.2 Å². The van der Waals surface area contributed by atoms with Crippen LogP contribution in [-0.4, -0.2) is 33.3 Å². The number of rotatable bonds is 1. The standard InChI is InChI=1S/C7H11N5.ClH/c1-12-7(9-10-11-12)6-2-4-8-5-3-6;/h2,8H,3-5H2,1H3;1H. The molecule has 0 aromatic carbocycles. The number of halogens is 1. The second-order valence-corrected chi connectivity index (χ2v) is 2.81. The molecular weight excluding hydrogens is 190 g/mol. The Morgan fingerprint density at radius 1 is 1.54 bits per heavy atom. The predicted molar refractivity (Wildman–Crippen MR) is 51.5 cm³/mol. The lowest BCUT2D eigenvalue weighted by Gasteiger charge is -2.11. The van der Waals surface area contributed by atoms with Crippen LogP contribution in [0, 0.1) is 0 Å². The first kappa shape index (κ1) is 10.1. The highest BCUT2D eigenvalue weighted by atomic mass is 35.5. The van der Waals surface area contributed by atoms with Crippen molar-refractivity contribution in [3.63, 3.8) is 0 Å². The van der Waals surface area contributed by atoms with Gasteiger partial charge in [-0.1, -0.05) is 6.08 Å². The Labute approximate surface area is 82.6 Å². The van der Waals surface area contributed by atoms with E-state index in [0.717, 1.165) is 25.3 Å². The van der Waals surface area contributed by atoms with Crippen LogP contribution in [0.15, 0.2) is 6.08 Å². The minimum Gasteiger partial charge on any atom is -0.313 e. The summed E-state index contributed by atoms with van der Waals surface area (Å²) < 4.78 is 1.71. The summed E-state index contributed by atoms with van der Waals surface area (Å²) in [5, 5.41) is 14.6. The number of hydrogen-bond donors (Lipinski definition) is 1. The third-order valence-corrected chi connectivity index (χ3v) is 1.97. The molecule has 1 N–H and O–H groups in total. The van der Waals surface area contributed by atoms with E-state index in [1.54, 1.807) is 4.68 Å². The largest absolute Gasteiger partial charge is 0.313 e. The lowest BCUT2D eigenvalue weighted by atomic mass is 10.1. The number of aryl methyl sites for hydroxylation is 1. The van der Waals surface area contributed by atoms with Crippen LogP contribution in [0.3, 0.4) is 0 Å². The van der Waals surface area contributed by atoms with E-state index in [9.17, 15) is 0 Å². The second kappa shape index (κ2) is 4.34. The first-order valence-corrected chi connectivity index (χ1v) is 4.00. The summed E-state index contributed by atoms with van der Waals surface area (Å²) in [6.45, 7) is 1.93. The maximum atomic E-state index is 3.95. The number of nitrogens with one attached hydrogen (secondary N) is 1. The number of nitrogens with zero attached hydrogens (tertiary/aromatic N) is 4. The summed E-state index contributed by atoms with van der Waals surface area (Å²) in [5.74, 6) is 0.886. The first-order valence-electron chi connectivity index (χ1n) is 4.00. The van der Waals surface area contributed by atoms with E-state index in [1.165, 1.54) is 5.57 Å². The zero-order valence-corrected chi connectivity index (χ0v) is 8.21. The number of hydrogen-bond acceptors (Lipinski definition) is 4. The number of tetrazole rings is 1. The minimum absolute atomic E-state index is 0. The van der Waals surface area contributed by atoms with Crippen molar-refractivity contribution in [2.75, 3.05) is 13.1 Å². The Morgan fingerprint density at radius 3 is 2.92 bits per heavy atom. The Kier molecular flexibility index (Phi) is 3.39. The molecule has 72 valence electrons. The molecule has 0 radical (unpaired) electrons. The van der Waals surface area contributed by atoms with E-state index in [4.69, 9.17) is 0 Å². The van der Waals surface area contributed by atoms with Crippen LogP contribution >= 0.6 is 12.4 Å². The van der Waals surface area contributed by atoms with Gasteiger partial charge in [0.2, 0.25) is 0 Å². The molecule has 13 heavy (non-hydrogen) atoms. The Morgan fingerprint density at radius 2 is 2.38 bits per heavy atom. The van der Waals surface area contributed by atoms with Crippen LogP contribution in [-0.2, 0) is 7.05 Å². The van der Waals surface area contributed by atoms with E-state index in [1.807, 2.05) is 7.05 Å². The van der Waals surface area contributed by atoms with Gasteiger partial charge in [0.05, 0.1) is 0 Å². The van der Waals surface area contributed by atoms with Crippen molar-refractivity contribution in [3.8, 4) is 0 Å². The molecule has 0 amide bonds. The van der Waals surface area contributed by atoms with Gasteiger partial charge in [0.15, 0.2) is 5.82 Å². The quantitative estimate of drug-likeness (QED) is 0.696. The fourth-order valence-electron chi connectivity index (χ4n) is 1.33. The molecule has 0 bridgehead atoms. The van der Waals surface area contributed by atoms with Crippen LogP contribution in [0.4, 0.5) is 0 Å². The fraction of sp³-hybridized carbons (Fsp3) is 0.571. The van der Waals surface area contributed by atoms with E-state index in [0.29, 0.717) is 0 Å². The summed E-state index contributed by atoms with van der Waals surface area (Å²) in [5.41, 5.74) is 1.24. The molecule has 1 aromatic rings. The highest BCUT2D eigenvalue weighted by Gasteiger charge is 2.10. The molecular formula is C7H12ClN5. The average Bonchev–Trinajstić information content (AvgIpc) is 2.53. The molecule has 6 heteroatoms. The smallest absolute Gasteiger partial charge is 0.177 e. The molecule has 0 spiro atoms. The summed E-state index contributed by atoms with van der Waals surface area (Å²) in [6, 6.07) is 0. The van der Waals surface area contributed by atoms with Gasteiger partial charge < -0.3 is 5.32 Å². The van der Waals surface area contributed by atoms with Gasteiger partial charge in [-0.2, -0.15) is 0 Å². The highest BCUT2D eigenvalue weighted by molar-refractivity contribution is 5.85. The van der Waals surface area contributed by atoms with Gasteiger partial charge in [-0.05, 0) is 29.0 Å². The predicted octanol–water partition coefficient (Wildman–Crippen LogP) is 0.00860. The molecule has 1 aliphatic rings. The molecule has 2 heterocycles. The van der Waals surface area contributed by atoms with E-state index < -0.39 is 0 Å². The van der Waals surface area contributed by atoms with Crippen molar-refractivity contribution in [1.82, 2.24) is 25.5 Å². The molecule has 2 rings (SSSR count). The molecule has 0 atom stereocenters. The van der Waals surface area contributed by atoms with Crippen molar-refractivity contribution in [1.29, 1.82) is 0 Å². The van der Waals surface area contributed by atoms with Crippen molar-refractivity contribution in [2.24, 2.45) is 7.05 Å². The van der Waals surface area contributed by atoms with Gasteiger partial charge in [-0.25, -0.2) is 4.68 Å². The Balaban J connectivity index is 0.000000845. The third kappa shape index (κ3) is 2.05. The highest BCUT2D eigenvalue weighted by Crippen LogP contribution is 2.14. The Hall–Kier alpha value is -0.940. The van der Waals surface area contributed by atoms with Crippen molar-refractivity contribution >= 4 is 18.0 Å². The minimum atomic E-state index is 0. The van der Waals surface area contributed by atoms with Crippen LogP contribution in [0.5, 0.6) is 0 Å². The monoisotopic (exact) mass is 201 g/mol. The SMILES string of the molecule is Cl.Cn1nnnc1C1=CCNCC1. The van der Waals surface area contributed by atoms with Crippen LogP contribution in [0.2, 0.25) is 0 Å². The van der Waals surface area contributed by atoms with Gasteiger partial charge in [-0.3, -0.25) is 0 Å². The van der Waals surface area contributed by atoms with Crippen molar-refractivity contribution in [2.45, 2.75) is 6.42 Å². The molecule has 0 aliphatic carbocycles. The molecule has 1 aliphatic heterocycles. The lowest BCUT2D eigenvalue weighted by molar-refractivity contribution is 0.691. The zero-order chi connectivity index (χ0) is 8.39. The van der Waals surface area contributed by atoms with Crippen LogP contribution in [0.25, 0.3) is 5.57 Å². The summed E-state index contributed by atoms with van der Waals surface area (Å²) in [4.78, 5) is 0. The van der Waals surface area contributed by atoms with E-state index in [2.05, 4.69) is 26.9 Å². The summed E-state index contributed by atoms with van der Waals surface area (Å²) >= 11 is 0. The fourth-order valence-corrected chi connectivity index (χ4v) is 1.33. The second-order valence-electron chi connectivity index (χ2n) is 2.81. The summed E-state index contributed by atoms with van der Waals surface area (Å²) in [7, 11) is 1.86. The van der Waals surface area contributed by atoms with Crippen molar-refractivity contribution < 1.29 is 0 Å². The van der Waals surface area contributed by atoms with Gasteiger partial charge in [0.25, 0.3) is 0 Å². The summed E-state index contributed by atoms with van der Waals surface area (Å²) in [6.07, 6.45) is 3.14. The first-order chi connectivity index (χ1) is 5.88. The average molecular weight is 202 g/mol. The van der Waals surface area contributed by atoms with E-state index >= 15 is 0 Å². The molecule has 0 unspecified atom stereocenters. The van der Waals surface area contributed by atoms with E-state index in [-0.39, 0.29) is 12.4 Å². The van der Waals surface area contributed by atoms with Crippen LogP contribution < -0.4 is 5.32 Å². The maximum Gasteiger partial charge on any atom is 0.177 e. The molecule has 0 saturated carbocycles. The maximum absolute atomic E-state index is 3.95. The molecule has 1 aromatic heterocycles. The van der Waals surface area contributed by atoms with Crippen molar-refractivity contribution in [3.05, 3.63) is 11.9 Å². The van der Waals surface area contributed by atoms with Gasteiger partial charge in [-0.15, -0.1) is 17.5 Å². The van der Waals surface area contributed by atoms with Gasteiger partial charge in [0.1, 0.15) is 0 Å². The van der Waals surface area contributed by atoms with Gasteiger partial charge >= 0.3 is 0 Å². The number of aromatic nitrogens is 4. The van der Waals surface area contributed by atoms with Gasteiger partial charge in [0, 0.05) is 13.6 Å². The molecule has 0 fully saturated rings. The topological polar surface area (TPSA) is 55.6 Å². The normalized spacial score (nSPS) is 16.2.